The summed E-state index contributed by atoms with van der Waals surface area (Å²) in [5.74, 6) is 0.620. The Labute approximate surface area is 172 Å². The Morgan fingerprint density at radius 1 is 0.862 bits per heavy atom. The monoisotopic (exact) mass is 398 g/mol. The number of rotatable bonds is 7. The summed E-state index contributed by atoms with van der Waals surface area (Å²) in [5.41, 5.74) is 6.90. The minimum absolute atomic E-state index is 0.0535. The summed E-state index contributed by atoms with van der Waals surface area (Å²) < 4.78 is 11.0. The molecule has 0 aliphatic rings. The number of hydrogen-bond acceptors (Lipinski definition) is 4. The van der Waals surface area contributed by atoms with Gasteiger partial charge in [0.05, 0.1) is 0 Å². The summed E-state index contributed by atoms with van der Waals surface area (Å²) in [6.45, 7) is 10.1. The smallest absolute Gasteiger partial charge is 0.276 e. The van der Waals surface area contributed by atoms with Crippen molar-refractivity contribution in [3.8, 4) is 11.5 Å². The molecule has 0 saturated carbocycles. The third-order valence-corrected chi connectivity index (χ3v) is 4.33. The predicted octanol–water partition coefficient (Wildman–Crippen LogP) is 3.71. The molecule has 2 amide bonds. The molecular formula is C23H30N2O4. The molecule has 2 rings (SSSR count). The first-order valence-electron chi connectivity index (χ1n) is 9.69. The Bertz CT molecular complexity index is 824. The molecule has 156 valence electrons. The van der Waals surface area contributed by atoms with Crippen LogP contribution in [-0.2, 0) is 15.0 Å². The Morgan fingerprint density at radius 3 is 1.97 bits per heavy atom. The van der Waals surface area contributed by atoms with Crippen LogP contribution in [0, 0.1) is 0 Å². The number of ether oxygens (including phenoxy) is 2. The van der Waals surface area contributed by atoms with Crippen LogP contribution in [0.3, 0.4) is 0 Å². The molecule has 6 nitrogen and oxygen atoms in total. The number of carbonyl (C=O) groups excluding carboxylic acids is 2. The van der Waals surface area contributed by atoms with E-state index in [1.165, 1.54) is 5.56 Å². The van der Waals surface area contributed by atoms with Gasteiger partial charge in [-0.1, -0.05) is 65.0 Å². The third-order valence-electron chi connectivity index (χ3n) is 4.33. The van der Waals surface area contributed by atoms with Crippen molar-refractivity contribution < 1.29 is 19.1 Å². The van der Waals surface area contributed by atoms with Gasteiger partial charge in [-0.15, -0.1) is 0 Å². The molecule has 0 radical (unpaired) electrons. The molecule has 0 heterocycles. The van der Waals surface area contributed by atoms with Gasteiger partial charge in [-0.3, -0.25) is 20.4 Å². The highest BCUT2D eigenvalue weighted by atomic mass is 16.5. The highest BCUT2D eigenvalue weighted by molar-refractivity contribution is 5.83. The van der Waals surface area contributed by atoms with E-state index in [1.807, 2.05) is 48.5 Å². The van der Waals surface area contributed by atoms with Gasteiger partial charge < -0.3 is 9.47 Å². The van der Waals surface area contributed by atoms with Gasteiger partial charge in [0.2, 0.25) is 0 Å². The fourth-order valence-electron chi connectivity index (χ4n) is 2.64. The molecule has 0 aromatic heterocycles. The predicted molar refractivity (Wildman–Crippen MR) is 113 cm³/mol. The molecule has 0 fully saturated rings. The largest absolute Gasteiger partial charge is 0.484 e. The zero-order valence-corrected chi connectivity index (χ0v) is 17.7. The molecular weight excluding hydrogens is 368 g/mol. The minimum Gasteiger partial charge on any atom is -0.484 e. The number of amides is 2. The van der Waals surface area contributed by atoms with E-state index in [-0.39, 0.29) is 24.5 Å². The van der Waals surface area contributed by atoms with Crippen molar-refractivity contribution in [1.29, 1.82) is 0 Å². The quantitative estimate of drug-likeness (QED) is 0.697. The van der Waals surface area contributed by atoms with E-state index in [0.717, 1.165) is 5.56 Å². The lowest BCUT2D eigenvalue weighted by Crippen LogP contribution is -2.45. The van der Waals surface area contributed by atoms with Gasteiger partial charge in [-0.2, -0.15) is 0 Å². The maximum Gasteiger partial charge on any atom is 0.276 e. The molecule has 0 aliphatic heterocycles. The molecule has 0 atom stereocenters. The molecule has 29 heavy (non-hydrogen) atoms. The summed E-state index contributed by atoms with van der Waals surface area (Å²) in [4.78, 5) is 23.8. The van der Waals surface area contributed by atoms with Crippen molar-refractivity contribution in [2.75, 3.05) is 13.2 Å². The average molecular weight is 399 g/mol. The summed E-state index contributed by atoms with van der Waals surface area (Å²) in [6, 6.07) is 15.2. The first-order valence-corrected chi connectivity index (χ1v) is 9.69. The van der Waals surface area contributed by atoms with Crippen molar-refractivity contribution in [3.63, 3.8) is 0 Å². The summed E-state index contributed by atoms with van der Waals surface area (Å²) in [6.07, 6.45) is 0. The van der Waals surface area contributed by atoms with Crippen LogP contribution in [0.25, 0.3) is 0 Å². The van der Waals surface area contributed by atoms with Gasteiger partial charge in [-0.05, 0) is 40.7 Å². The zero-order chi connectivity index (χ0) is 21.4. The normalized spacial score (nSPS) is 11.1. The van der Waals surface area contributed by atoms with E-state index in [9.17, 15) is 9.59 Å². The van der Waals surface area contributed by atoms with E-state index in [1.54, 1.807) is 0 Å². The fraction of sp³-hybridized carbons (Fsp3) is 0.391. The molecule has 0 bridgehead atoms. The molecule has 2 aromatic rings. The number of para-hydroxylation sites is 1. The highest BCUT2D eigenvalue weighted by Crippen LogP contribution is 2.26. The topological polar surface area (TPSA) is 76.7 Å². The first kappa shape index (κ1) is 22.3. The Balaban J connectivity index is 1.73. The Hall–Kier alpha value is -3.02. The van der Waals surface area contributed by atoms with E-state index < -0.39 is 11.8 Å². The molecule has 6 heteroatoms. The lowest BCUT2D eigenvalue weighted by atomic mass is 9.87. The van der Waals surface area contributed by atoms with Crippen molar-refractivity contribution in [3.05, 3.63) is 59.7 Å². The average Bonchev–Trinajstić information content (AvgIpc) is 2.69. The third kappa shape index (κ3) is 7.14. The van der Waals surface area contributed by atoms with E-state index >= 15 is 0 Å². The van der Waals surface area contributed by atoms with Crippen LogP contribution in [0.5, 0.6) is 11.5 Å². The highest BCUT2D eigenvalue weighted by Gasteiger charge is 2.13. The maximum absolute atomic E-state index is 11.9. The zero-order valence-electron chi connectivity index (χ0n) is 17.7. The first-order chi connectivity index (χ1) is 13.7. The molecule has 2 aromatic carbocycles. The lowest BCUT2D eigenvalue weighted by molar-refractivity contribution is -0.131. The van der Waals surface area contributed by atoms with Gasteiger partial charge >= 0.3 is 0 Å². The number of carbonyl (C=O) groups is 2. The minimum atomic E-state index is -0.458. The van der Waals surface area contributed by atoms with Gasteiger partial charge in [0.25, 0.3) is 11.8 Å². The van der Waals surface area contributed by atoms with E-state index in [0.29, 0.717) is 11.5 Å². The van der Waals surface area contributed by atoms with Gasteiger partial charge in [0, 0.05) is 0 Å². The Morgan fingerprint density at radius 2 is 1.41 bits per heavy atom. The van der Waals surface area contributed by atoms with Gasteiger partial charge in [0.15, 0.2) is 13.2 Å². The van der Waals surface area contributed by atoms with Crippen molar-refractivity contribution in [2.45, 2.75) is 46.0 Å². The number of hydrogen-bond donors (Lipinski definition) is 2. The SMILES string of the molecule is CC(C)c1ccccc1OCC(=O)NNC(=O)COc1ccc(C(C)(C)C)cc1. The Kier molecular flexibility index (Phi) is 7.65. The second kappa shape index (κ2) is 9.96. The van der Waals surface area contributed by atoms with Crippen molar-refractivity contribution in [1.82, 2.24) is 10.9 Å². The van der Waals surface area contributed by atoms with Crippen LogP contribution in [0.2, 0.25) is 0 Å². The van der Waals surface area contributed by atoms with E-state index in [4.69, 9.17) is 9.47 Å². The lowest BCUT2D eigenvalue weighted by Gasteiger charge is -2.19. The standard InChI is InChI=1S/C23H30N2O4/c1-16(2)19-8-6-7-9-20(19)29-15-22(27)25-24-21(26)14-28-18-12-10-17(11-13-18)23(3,4)5/h6-13,16H,14-15H2,1-5H3,(H,24,26)(H,25,27). The van der Waals surface area contributed by atoms with Crippen LogP contribution in [0.1, 0.15) is 51.7 Å². The van der Waals surface area contributed by atoms with Crippen molar-refractivity contribution in [2.24, 2.45) is 0 Å². The summed E-state index contributed by atoms with van der Waals surface area (Å²) in [5, 5.41) is 0. The van der Waals surface area contributed by atoms with Crippen LogP contribution < -0.4 is 20.3 Å². The fourth-order valence-corrected chi connectivity index (χ4v) is 2.64. The maximum atomic E-state index is 11.9. The molecule has 0 saturated heterocycles. The van der Waals surface area contributed by atoms with Crippen LogP contribution in [0.4, 0.5) is 0 Å². The molecule has 0 spiro atoms. The van der Waals surface area contributed by atoms with Crippen LogP contribution in [0.15, 0.2) is 48.5 Å². The molecule has 0 unspecified atom stereocenters. The van der Waals surface area contributed by atoms with Gasteiger partial charge in [-0.25, -0.2) is 0 Å². The van der Waals surface area contributed by atoms with E-state index in [2.05, 4.69) is 45.5 Å². The number of hydrazine groups is 1. The van der Waals surface area contributed by atoms with Crippen molar-refractivity contribution >= 4 is 11.8 Å². The summed E-state index contributed by atoms with van der Waals surface area (Å²) >= 11 is 0. The number of nitrogens with one attached hydrogen (secondary N) is 2. The van der Waals surface area contributed by atoms with Crippen LogP contribution in [-0.4, -0.2) is 25.0 Å². The number of benzene rings is 2. The van der Waals surface area contributed by atoms with Gasteiger partial charge in [0.1, 0.15) is 11.5 Å². The second-order valence-corrected chi connectivity index (χ2v) is 8.14. The molecule has 0 aliphatic carbocycles. The summed E-state index contributed by atoms with van der Waals surface area (Å²) in [7, 11) is 0. The van der Waals surface area contributed by atoms with Crippen LogP contribution >= 0.6 is 0 Å². The second-order valence-electron chi connectivity index (χ2n) is 8.14. The molecule has 2 N–H and O–H groups in total.